The van der Waals surface area contributed by atoms with Crippen LogP contribution in [0.1, 0.15) is 20.3 Å². The molecule has 0 spiro atoms. The Morgan fingerprint density at radius 1 is 1.60 bits per heavy atom. The topological polar surface area (TPSA) is 57.8 Å². The number of hydrogen-bond donors (Lipinski definition) is 2. The molecule has 0 fully saturated rings. The smallest absolute Gasteiger partial charge is 0.267 e. The molecule has 1 heterocycles. The Labute approximate surface area is 105 Å². The molecule has 0 aliphatic rings. The number of aromatic nitrogens is 2. The van der Waals surface area contributed by atoms with E-state index in [1.165, 1.54) is 6.33 Å². The highest BCUT2D eigenvalue weighted by molar-refractivity contribution is 9.10. The number of nitrogens with one attached hydrogen (secondary N) is 2. The van der Waals surface area contributed by atoms with Crippen LogP contribution >= 0.6 is 31.9 Å². The predicted octanol–water partition coefficient (Wildman–Crippen LogP) is 2.51. The molecule has 0 radical (unpaired) electrons. The van der Waals surface area contributed by atoms with Crippen LogP contribution in [0.15, 0.2) is 15.6 Å². The highest BCUT2D eigenvalue weighted by Gasteiger charge is 2.10. The van der Waals surface area contributed by atoms with Crippen molar-refractivity contribution in [3.05, 3.63) is 21.2 Å². The Balaban J connectivity index is 2.72. The lowest BCUT2D eigenvalue weighted by molar-refractivity contribution is 0.703. The number of nitrogens with zero attached hydrogens (tertiary/aromatic N) is 1. The van der Waals surface area contributed by atoms with E-state index in [1.54, 1.807) is 0 Å². The van der Waals surface area contributed by atoms with Gasteiger partial charge < -0.3 is 10.3 Å². The summed E-state index contributed by atoms with van der Waals surface area (Å²) in [7, 11) is 0. The van der Waals surface area contributed by atoms with Crippen molar-refractivity contribution in [3.63, 3.8) is 0 Å². The molecule has 2 atom stereocenters. The second-order valence-electron chi connectivity index (χ2n) is 3.46. The van der Waals surface area contributed by atoms with Gasteiger partial charge in [0, 0.05) is 10.9 Å². The Hall–Kier alpha value is -0.360. The molecule has 1 aromatic rings. The Morgan fingerprint density at radius 2 is 2.27 bits per heavy atom. The van der Waals surface area contributed by atoms with E-state index in [2.05, 4.69) is 54.1 Å². The number of H-pyrrole nitrogens is 1. The summed E-state index contributed by atoms with van der Waals surface area (Å²) in [6.45, 7) is 4.13. The maximum absolute atomic E-state index is 11.3. The molecule has 2 unspecified atom stereocenters. The predicted molar refractivity (Wildman–Crippen MR) is 68.6 cm³/mol. The van der Waals surface area contributed by atoms with Gasteiger partial charge in [0.15, 0.2) is 0 Å². The van der Waals surface area contributed by atoms with Crippen LogP contribution in [-0.4, -0.2) is 20.8 Å². The first-order valence-electron chi connectivity index (χ1n) is 4.64. The van der Waals surface area contributed by atoms with E-state index in [0.29, 0.717) is 15.1 Å². The average Bonchev–Trinajstić information content (AvgIpc) is 2.11. The van der Waals surface area contributed by atoms with Crippen molar-refractivity contribution in [2.45, 2.75) is 31.1 Å². The van der Waals surface area contributed by atoms with Crippen LogP contribution in [0.5, 0.6) is 0 Å². The van der Waals surface area contributed by atoms with Gasteiger partial charge in [-0.2, -0.15) is 0 Å². The van der Waals surface area contributed by atoms with Crippen LogP contribution in [0, 0.1) is 0 Å². The number of hydrogen-bond acceptors (Lipinski definition) is 3. The van der Waals surface area contributed by atoms with Gasteiger partial charge in [0.05, 0.1) is 6.33 Å². The summed E-state index contributed by atoms with van der Waals surface area (Å²) in [6, 6.07) is 0.255. The van der Waals surface area contributed by atoms with Crippen LogP contribution in [-0.2, 0) is 0 Å². The van der Waals surface area contributed by atoms with E-state index in [-0.39, 0.29) is 11.6 Å². The molecule has 1 rings (SSSR count). The summed E-state index contributed by atoms with van der Waals surface area (Å²) in [5.74, 6) is 0.583. The highest BCUT2D eigenvalue weighted by atomic mass is 79.9. The van der Waals surface area contributed by atoms with Gasteiger partial charge in [0.2, 0.25) is 0 Å². The normalized spacial score (nSPS) is 14.7. The zero-order valence-electron chi connectivity index (χ0n) is 8.55. The molecule has 0 bridgehead atoms. The summed E-state index contributed by atoms with van der Waals surface area (Å²) in [4.78, 5) is 18.2. The van der Waals surface area contributed by atoms with Gasteiger partial charge in [-0.3, -0.25) is 4.79 Å². The minimum Gasteiger partial charge on any atom is -0.366 e. The molecule has 0 saturated heterocycles. The quantitative estimate of drug-likeness (QED) is 0.829. The number of aromatic amines is 1. The van der Waals surface area contributed by atoms with Gasteiger partial charge in [0.1, 0.15) is 10.3 Å². The molecule has 15 heavy (non-hydrogen) atoms. The summed E-state index contributed by atoms with van der Waals surface area (Å²) in [6.07, 6.45) is 2.35. The molecular formula is C9H13Br2N3O. The molecule has 0 saturated carbocycles. The van der Waals surface area contributed by atoms with Gasteiger partial charge in [-0.05, 0) is 29.3 Å². The fourth-order valence-electron chi connectivity index (χ4n) is 1.26. The molecule has 0 amide bonds. The molecule has 0 aliphatic heterocycles. The van der Waals surface area contributed by atoms with Crippen molar-refractivity contribution in [2.75, 3.05) is 5.32 Å². The van der Waals surface area contributed by atoms with Gasteiger partial charge in [0.25, 0.3) is 5.56 Å². The standard InChI is InChI=1S/C9H13Br2N3O/c1-5(10)3-6(2)14-8-7(11)9(15)13-4-12-8/h4-6H,3H2,1-2H3,(H2,12,13,14,15). The molecule has 1 aromatic heterocycles. The van der Waals surface area contributed by atoms with Gasteiger partial charge >= 0.3 is 0 Å². The third-order valence-electron chi connectivity index (χ3n) is 1.86. The second-order valence-corrected chi connectivity index (χ2v) is 5.81. The third kappa shape index (κ3) is 3.95. The van der Waals surface area contributed by atoms with Crippen LogP contribution in [0.3, 0.4) is 0 Å². The molecule has 2 N–H and O–H groups in total. The van der Waals surface area contributed by atoms with E-state index in [9.17, 15) is 4.79 Å². The van der Waals surface area contributed by atoms with E-state index < -0.39 is 0 Å². The number of anilines is 1. The third-order valence-corrected chi connectivity index (χ3v) is 2.97. The van der Waals surface area contributed by atoms with Crippen molar-refractivity contribution < 1.29 is 0 Å². The first-order valence-corrected chi connectivity index (χ1v) is 6.35. The first-order chi connectivity index (χ1) is 7.00. The molecule has 0 aromatic carbocycles. The van der Waals surface area contributed by atoms with Crippen LogP contribution in [0.4, 0.5) is 5.82 Å². The maximum Gasteiger partial charge on any atom is 0.267 e. The summed E-state index contributed by atoms with van der Waals surface area (Å²) in [5.41, 5.74) is -0.174. The molecule has 84 valence electrons. The zero-order chi connectivity index (χ0) is 11.4. The van der Waals surface area contributed by atoms with E-state index in [4.69, 9.17) is 0 Å². The minimum atomic E-state index is -0.174. The van der Waals surface area contributed by atoms with E-state index >= 15 is 0 Å². The Bertz CT molecular complexity index is 378. The monoisotopic (exact) mass is 337 g/mol. The Morgan fingerprint density at radius 3 is 2.87 bits per heavy atom. The zero-order valence-corrected chi connectivity index (χ0v) is 11.7. The molecule has 6 heteroatoms. The number of alkyl halides is 1. The highest BCUT2D eigenvalue weighted by Crippen LogP contribution is 2.16. The summed E-state index contributed by atoms with van der Waals surface area (Å²) >= 11 is 6.68. The van der Waals surface area contributed by atoms with Gasteiger partial charge in [-0.25, -0.2) is 4.98 Å². The van der Waals surface area contributed by atoms with Crippen molar-refractivity contribution in [1.82, 2.24) is 9.97 Å². The lowest BCUT2D eigenvalue weighted by atomic mass is 10.2. The fourth-order valence-corrected chi connectivity index (χ4v) is 2.16. The van der Waals surface area contributed by atoms with E-state index in [1.807, 2.05) is 6.92 Å². The first kappa shape index (κ1) is 12.7. The largest absolute Gasteiger partial charge is 0.366 e. The van der Waals surface area contributed by atoms with Crippen molar-refractivity contribution >= 4 is 37.7 Å². The van der Waals surface area contributed by atoms with Crippen molar-refractivity contribution in [2.24, 2.45) is 0 Å². The van der Waals surface area contributed by atoms with E-state index in [0.717, 1.165) is 6.42 Å². The number of halogens is 2. The van der Waals surface area contributed by atoms with Crippen molar-refractivity contribution in [1.29, 1.82) is 0 Å². The molecule has 0 aliphatic carbocycles. The minimum absolute atomic E-state index is 0.174. The van der Waals surface area contributed by atoms with Crippen LogP contribution < -0.4 is 10.9 Å². The SMILES string of the molecule is CC(Br)CC(C)Nc1nc[nH]c(=O)c1Br. The van der Waals surface area contributed by atoms with Crippen LogP contribution in [0.2, 0.25) is 0 Å². The number of rotatable bonds is 4. The van der Waals surface area contributed by atoms with Crippen LogP contribution in [0.25, 0.3) is 0 Å². The Kier molecular flexibility index (Phi) is 4.79. The maximum atomic E-state index is 11.3. The summed E-state index contributed by atoms with van der Waals surface area (Å²) < 4.78 is 0.444. The lowest BCUT2D eigenvalue weighted by Gasteiger charge is -2.16. The second kappa shape index (κ2) is 5.65. The summed E-state index contributed by atoms with van der Waals surface area (Å²) in [5, 5.41) is 3.17. The van der Waals surface area contributed by atoms with Gasteiger partial charge in [-0.15, -0.1) is 0 Å². The lowest BCUT2D eigenvalue weighted by Crippen LogP contribution is -2.21. The average molecular weight is 339 g/mol. The van der Waals surface area contributed by atoms with Crippen molar-refractivity contribution in [3.8, 4) is 0 Å². The fraction of sp³-hybridized carbons (Fsp3) is 0.556. The molecule has 4 nitrogen and oxygen atoms in total. The molecular weight excluding hydrogens is 326 g/mol. The van der Waals surface area contributed by atoms with Gasteiger partial charge in [-0.1, -0.05) is 22.9 Å².